The normalized spacial score (nSPS) is 12.3. The molecule has 0 rings (SSSR count). The quantitative estimate of drug-likeness (QED) is 0.0261. The van der Waals surface area contributed by atoms with Gasteiger partial charge in [0.25, 0.3) is 0 Å². The van der Waals surface area contributed by atoms with Crippen molar-refractivity contribution in [2.75, 3.05) is 13.2 Å². The molecule has 77 heavy (non-hydrogen) atoms. The van der Waals surface area contributed by atoms with Crippen LogP contribution in [0.2, 0.25) is 0 Å². The first-order valence-corrected chi connectivity index (χ1v) is 34.1. The first kappa shape index (κ1) is 74.4. The maximum atomic E-state index is 12.9. The van der Waals surface area contributed by atoms with Gasteiger partial charge in [-0.15, -0.1) is 0 Å². The lowest BCUT2D eigenvalue weighted by atomic mass is 10.0. The summed E-state index contributed by atoms with van der Waals surface area (Å²) in [7, 11) is 0. The van der Waals surface area contributed by atoms with Crippen molar-refractivity contribution < 1.29 is 28.6 Å². The smallest absolute Gasteiger partial charge is 0.306 e. The van der Waals surface area contributed by atoms with E-state index in [4.69, 9.17) is 14.2 Å². The molecule has 1 atom stereocenters. The van der Waals surface area contributed by atoms with Gasteiger partial charge in [0, 0.05) is 19.3 Å². The molecule has 0 fully saturated rings. The van der Waals surface area contributed by atoms with E-state index < -0.39 is 6.10 Å². The van der Waals surface area contributed by atoms with E-state index >= 15 is 0 Å². The zero-order valence-corrected chi connectivity index (χ0v) is 51.7. The molecule has 0 N–H and O–H groups in total. The van der Waals surface area contributed by atoms with E-state index in [1.807, 2.05) is 0 Å². The number of hydrogen-bond donors (Lipinski definition) is 0. The minimum atomic E-state index is -0.771. The summed E-state index contributed by atoms with van der Waals surface area (Å²) in [6, 6.07) is 0. The highest BCUT2D eigenvalue weighted by atomic mass is 16.6. The predicted molar refractivity (Wildman–Crippen MR) is 335 cm³/mol. The number of carbonyl (C=O) groups excluding carboxylic acids is 3. The summed E-state index contributed by atoms with van der Waals surface area (Å²) >= 11 is 0. The van der Waals surface area contributed by atoms with Gasteiger partial charge in [-0.1, -0.05) is 313 Å². The molecule has 0 aliphatic heterocycles. The molecule has 0 aromatic carbocycles. The molecular formula is C71H130O6. The third-order valence-electron chi connectivity index (χ3n) is 15.3. The molecule has 0 aliphatic carbocycles. The second-order valence-corrected chi connectivity index (χ2v) is 23.1. The lowest BCUT2D eigenvalue weighted by molar-refractivity contribution is -0.167. The third-order valence-corrected chi connectivity index (χ3v) is 15.3. The van der Waals surface area contributed by atoms with Crippen LogP contribution in [0.15, 0.2) is 48.6 Å². The molecular weight excluding hydrogens is 949 g/mol. The van der Waals surface area contributed by atoms with Gasteiger partial charge in [-0.25, -0.2) is 0 Å². The van der Waals surface area contributed by atoms with Crippen molar-refractivity contribution in [3.05, 3.63) is 48.6 Å². The van der Waals surface area contributed by atoms with Gasteiger partial charge in [-0.2, -0.15) is 0 Å². The standard InChI is InChI=1S/C71H130O6/c1-4-7-10-13-16-18-20-22-24-26-28-30-31-32-33-34-35-36-37-38-39-41-42-44-46-48-50-52-55-58-61-64-70(73)76-67-68(66-75-69(72)63-60-57-54-15-12-9-6-3)77-71(74)65-62-59-56-53-51-49-47-45-43-40-29-27-25-23-21-19-17-14-11-8-5-2/h20-23,26-29,68H,4-19,24-25,30-67H2,1-3H3/b22-20-,23-21-,28-26-,29-27-. The molecule has 0 spiro atoms. The van der Waals surface area contributed by atoms with Gasteiger partial charge in [0.1, 0.15) is 13.2 Å². The second kappa shape index (κ2) is 65.9. The Morgan fingerprint density at radius 1 is 0.260 bits per heavy atom. The van der Waals surface area contributed by atoms with E-state index in [0.717, 1.165) is 70.6 Å². The van der Waals surface area contributed by atoms with Crippen LogP contribution in [-0.2, 0) is 28.6 Å². The lowest BCUT2D eigenvalue weighted by Gasteiger charge is -2.18. The van der Waals surface area contributed by atoms with Crippen LogP contribution in [0.4, 0.5) is 0 Å². The molecule has 0 aromatic rings. The Kier molecular flexibility index (Phi) is 63.6. The van der Waals surface area contributed by atoms with Crippen molar-refractivity contribution in [1.29, 1.82) is 0 Å². The SMILES string of the molecule is CCCCCCC/C=C\C/C=C\CCCCCCCCCCCCCCCCCCCCCC(=O)OCC(COC(=O)CCCCCCCCC)OC(=O)CCCCCCCCCCC/C=C\C/C=C\CCCCCCC. The van der Waals surface area contributed by atoms with Crippen LogP contribution in [0, 0.1) is 0 Å². The zero-order valence-electron chi connectivity index (χ0n) is 51.7. The number of rotatable bonds is 63. The van der Waals surface area contributed by atoms with Crippen LogP contribution in [0.3, 0.4) is 0 Å². The number of esters is 3. The van der Waals surface area contributed by atoms with Crippen LogP contribution >= 0.6 is 0 Å². The average Bonchev–Trinajstić information content (AvgIpc) is 3.43. The van der Waals surface area contributed by atoms with Crippen molar-refractivity contribution in [2.24, 2.45) is 0 Å². The maximum Gasteiger partial charge on any atom is 0.306 e. The second-order valence-electron chi connectivity index (χ2n) is 23.1. The summed E-state index contributed by atoms with van der Waals surface area (Å²) in [5.41, 5.74) is 0. The van der Waals surface area contributed by atoms with E-state index in [2.05, 4.69) is 69.4 Å². The Hall–Kier alpha value is -2.63. The fraction of sp³-hybridized carbons (Fsp3) is 0.845. The molecule has 6 nitrogen and oxygen atoms in total. The summed E-state index contributed by atoms with van der Waals surface area (Å²) in [4.78, 5) is 38.1. The van der Waals surface area contributed by atoms with Crippen LogP contribution in [-0.4, -0.2) is 37.2 Å². The Balaban J connectivity index is 4.02. The highest BCUT2D eigenvalue weighted by Crippen LogP contribution is 2.18. The number of allylic oxidation sites excluding steroid dienone is 8. The zero-order chi connectivity index (χ0) is 55.7. The Morgan fingerprint density at radius 3 is 0.714 bits per heavy atom. The highest BCUT2D eigenvalue weighted by molar-refractivity contribution is 5.71. The van der Waals surface area contributed by atoms with E-state index in [9.17, 15) is 14.4 Å². The van der Waals surface area contributed by atoms with Crippen molar-refractivity contribution in [2.45, 2.75) is 374 Å². The molecule has 0 bridgehead atoms. The molecule has 0 amide bonds. The maximum absolute atomic E-state index is 12.9. The van der Waals surface area contributed by atoms with Gasteiger partial charge in [0.2, 0.25) is 0 Å². The van der Waals surface area contributed by atoms with Gasteiger partial charge in [-0.3, -0.25) is 14.4 Å². The lowest BCUT2D eigenvalue weighted by Crippen LogP contribution is -2.30. The Morgan fingerprint density at radius 2 is 0.468 bits per heavy atom. The summed E-state index contributed by atoms with van der Waals surface area (Å²) in [6.07, 6.45) is 83.1. The fourth-order valence-corrected chi connectivity index (χ4v) is 10.2. The van der Waals surface area contributed by atoms with Gasteiger partial charge in [0.05, 0.1) is 0 Å². The first-order valence-electron chi connectivity index (χ1n) is 34.1. The molecule has 0 saturated heterocycles. The minimum absolute atomic E-state index is 0.0704. The minimum Gasteiger partial charge on any atom is -0.462 e. The van der Waals surface area contributed by atoms with Crippen molar-refractivity contribution in [1.82, 2.24) is 0 Å². The predicted octanol–water partition coefficient (Wildman–Crippen LogP) is 23.3. The van der Waals surface area contributed by atoms with Crippen molar-refractivity contribution in [3.63, 3.8) is 0 Å². The van der Waals surface area contributed by atoms with Gasteiger partial charge in [-0.05, 0) is 83.5 Å². The topological polar surface area (TPSA) is 78.9 Å². The molecule has 6 heteroatoms. The van der Waals surface area contributed by atoms with Crippen LogP contribution in [0.1, 0.15) is 367 Å². The highest BCUT2D eigenvalue weighted by Gasteiger charge is 2.19. The van der Waals surface area contributed by atoms with Crippen LogP contribution in [0.25, 0.3) is 0 Å². The Bertz CT molecular complexity index is 1330. The number of carbonyl (C=O) groups is 3. The third kappa shape index (κ3) is 64.1. The summed E-state index contributed by atoms with van der Waals surface area (Å²) in [5.74, 6) is -0.860. The number of unbranched alkanes of at least 4 members (excludes halogenated alkanes) is 44. The Labute approximate surface area is 479 Å². The number of hydrogen-bond acceptors (Lipinski definition) is 6. The van der Waals surface area contributed by atoms with Gasteiger partial charge >= 0.3 is 17.9 Å². The summed E-state index contributed by atoms with van der Waals surface area (Å²) in [5, 5.41) is 0. The van der Waals surface area contributed by atoms with Crippen LogP contribution in [0.5, 0.6) is 0 Å². The average molecular weight is 1080 g/mol. The van der Waals surface area contributed by atoms with E-state index in [-0.39, 0.29) is 31.1 Å². The van der Waals surface area contributed by atoms with Crippen LogP contribution < -0.4 is 0 Å². The molecule has 0 aromatic heterocycles. The largest absolute Gasteiger partial charge is 0.462 e. The first-order chi connectivity index (χ1) is 38.0. The monoisotopic (exact) mass is 1080 g/mol. The summed E-state index contributed by atoms with van der Waals surface area (Å²) < 4.78 is 16.9. The molecule has 1 unspecified atom stereocenters. The van der Waals surface area contributed by atoms with Crippen molar-refractivity contribution >= 4 is 17.9 Å². The van der Waals surface area contributed by atoms with E-state index in [1.54, 1.807) is 0 Å². The summed E-state index contributed by atoms with van der Waals surface area (Å²) in [6.45, 7) is 6.63. The molecule has 0 saturated carbocycles. The molecule has 0 aliphatic rings. The molecule has 450 valence electrons. The van der Waals surface area contributed by atoms with E-state index in [1.165, 1.54) is 257 Å². The molecule has 0 radical (unpaired) electrons. The van der Waals surface area contributed by atoms with Gasteiger partial charge < -0.3 is 14.2 Å². The van der Waals surface area contributed by atoms with E-state index in [0.29, 0.717) is 19.3 Å². The number of ether oxygens (including phenoxy) is 3. The molecule has 0 heterocycles. The van der Waals surface area contributed by atoms with Crippen molar-refractivity contribution in [3.8, 4) is 0 Å². The fourth-order valence-electron chi connectivity index (χ4n) is 10.2. The van der Waals surface area contributed by atoms with Gasteiger partial charge in [0.15, 0.2) is 6.10 Å².